The first kappa shape index (κ1) is 20.2. The van der Waals surface area contributed by atoms with Gasteiger partial charge in [0.05, 0.1) is 6.61 Å². The number of hydrogen-bond donors (Lipinski definition) is 3. The first-order valence-corrected chi connectivity index (χ1v) is 7.85. The number of carbonyl (C=O) groups is 2. The molecule has 10 heteroatoms. The van der Waals surface area contributed by atoms with Crippen LogP contribution in [0.5, 0.6) is 0 Å². The second kappa shape index (κ2) is 8.49. The predicted octanol–water partition coefficient (Wildman–Crippen LogP) is 2.25. The zero-order valence-electron chi connectivity index (χ0n) is 14.2. The summed E-state index contributed by atoms with van der Waals surface area (Å²) in [7, 11) is 0. The topological polar surface area (TPSA) is 92.4 Å². The quantitative estimate of drug-likeness (QED) is 0.387. The third kappa shape index (κ3) is 4.73. The zero-order valence-corrected chi connectivity index (χ0v) is 14.2. The highest BCUT2D eigenvalue weighted by Crippen LogP contribution is 2.30. The van der Waals surface area contributed by atoms with E-state index in [1.807, 2.05) is 5.43 Å². The van der Waals surface area contributed by atoms with Gasteiger partial charge in [-0.15, -0.1) is 0 Å². The van der Waals surface area contributed by atoms with Crippen LogP contribution in [0.1, 0.15) is 17.3 Å². The molecule has 0 radical (unpaired) electrons. The monoisotopic (exact) mass is 382 g/mol. The van der Waals surface area contributed by atoms with Crippen LogP contribution in [-0.2, 0) is 9.53 Å². The number of carbonyl (C=O) groups excluding carboxylic acids is 2. The van der Waals surface area contributed by atoms with Crippen molar-refractivity contribution >= 4 is 17.6 Å². The van der Waals surface area contributed by atoms with Gasteiger partial charge >= 0.3 is 17.8 Å². The molecule has 1 heterocycles. The molecular weight excluding hydrogens is 365 g/mol. The summed E-state index contributed by atoms with van der Waals surface area (Å²) >= 11 is 0. The molecule has 0 fully saturated rings. The molecule has 1 atom stereocenters. The summed E-state index contributed by atoms with van der Waals surface area (Å²) < 4.78 is 46.3. The Morgan fingerprint density at radius 2 is 1.70 bits per heavy atom. The number of pyridine rings is 1. The van der Waals surface area contributed by atoms with E-state index >= 15 is 0 Å². The van der Waals surface area contributed by atoms with Crippen molar-refractivity contribution < 1.29 is 27.5 Å². The van der Waals surface area contributed by atoms with E-state index in [1.54, 1.807) is 23.5 Å². The molecule has 3 N–H and O–H groups in total. The number of alkyl halides is 3. The molecule has 1 amide bonds. The second-order valence-corrected chi connectivity index (χ2v) is 5.27. The number of hydrazine groups is 1. The van der Waals surface area contributed by atoms with Crippen molar-refractivity contribution in [2.24, 2.45) is 0 Å². The average Bonchev–Trinajstić information content (AvgIpc) is 2.65. The van der Waals surface area contributed by atoms with Crippen LogP contribution in [0.15, 0.2) is 54.9 Å². The summed E-state index contributed by atoms with van der Waals surface area (Å²) in [6.45, 7) is 1.04. The molecule has 0 spiro atoms. The van der Waals surface area contributed by atoms with Crippen LogP contribution in [0.2, 0.25) is 0 Å². The van der Waals surface area contributed by atoms with Crippen molar-refractivity contribution in [3.63, 3.8) is 0 Å². The number of nitrogens with one attached hydrogen (secondary N) is 3. The van der Waals surface area contributed by atoms with Crippen LogP contribution in [0.25, 0.3) is 0 Å². The van der Waals surface area contributed by atoms with Crippen LogP contribution in [-0.4, -0.2) is 35.3 Å². The number of hydrogen-bond acceptors (Lipinski definition) is 6. The number of para-hydroxylation sites is 1. The molecule has 0 saturated carbocycles. The molecule has 0 saturated heterocycles. The van der Waals surface area contributed by atoms with Crippen molar-refractivity contribution in [3.05, 3.63) is 60.4 Å². The van der Waals surface area contributed by atoms with E-state index in [0.29, 0.717) is 0 Å². The Morgan fingerprint density at radius 1 is 1.07 bits per heavy atom. The van der Waals surface area contributed by atoms with Gasteiger partial charge < -0.3 is 15.5 Å². The lowest BCUT2D eigenvalue weighted by Gasteiger charge is -2.35. The van der Waals surface area contributed by atoms with E-state index in [9.17, 15) is 22.8 Å². The van der Waals surface area contributed by atoms with Gasteiger partial charge in [-0.1, -0.05) is 18.2 Å². The largest absolute Gasteiger partial charge is 0.463 e. The minimum Gasteiger partial charge on any atom is -0.463 e. The molecule has 0 aliphatic rings. The van der Waals surface area contributed by atoms with Gasteiger partial charge in [-0.2, -0.15) is 18.6 Å². The van der Waals surface area contributed by atoms with Gasteiger partial charge in [0.15, 0.2) is 0 Å². The molecule has 0 aliphatic carbocycles. The minimum atomic E-state index is -5.22. The summed E-state index contributed by atoms with van der Waals surface area (Å²) in [5, 5.41) is 1.70. The van der Waals surface area contributed by atoms with Crippen molar-refractivity contribution in [2.75, 3.05) is 12.0 Å². The maximum atomic E-state index is 13.9. The number of halogens is 3. The van der Waals surface area contributed by atoms with Crippen LogP contribution < -0.4 is 16.2 Å². The van der Waals surface area contributed by atoms with E-state index in [0.717, 1.165) is 0 Å². The highest BCUT2D eigenvalue weighted by atomic mass is 19.4. The van der Waals surface area contributed by atoms with Gasteiger partial charge in [-0.05, 0) is 31.2 Å². The van der Waals surface area contributed by atoms with Crippen LogP contribution in [0.3, 0.4) is 0 Å². The molecule has 0 unspecified atom stereocenters. The number of amides is 1. The fraction of sp³-hybridized carbons (Fsp3) is 0.235. The number of benzene rings is 1. The average molecular weight is 382 g/mol. The van der Waals surface area contributed by atoms with Crippen molar-refractivity contribution in [1.29, 1.82) is 0 Å². The lowest BCUT2D eigenvalue weighted by molar-refractivity contribution is -0.217. The summed E-state index contributed by atoms with van der Waals surface area (Å²) in [5.74, 6) is -2.84. The summed E-state index contributed by atoms with van der Waals surface area (Å²) in [5.41, 5.74) is 0.790. The van der Waals surface area contributed by atoms with Gasteiger partial charge in [0, 0.05) is 23.6 Å². The van der Waals surface area contributed by atoms with E-state index in [-0.39, 0.29) is 17.9 Å². The predicted molar refractivity (Wildman–Crippen MR) is 90.3 cm³/mol. The molecule has 27 heavy (non-hydrogen) atoms. The molecule has 1 aromatic heterocycles. The zero-order chi connectivity index (χ0) is 19.9. The number of ether oxygens (including phenoxy) is 1. The van der Waals surface area contributed by atoms with Crippen molar-refractivity contribution in [3.8, 4) is 0 Å². The summed E-state index contributed by atoms with van der Waals surface area (Å²) in [6.07, 6.45) is -2.74. The van der Waals surface area contributed by atoms with Crippen LogP contribution in [0, 0.1) is 0 Å². The van der Waals surface area contributed by atoms with E-state index in [1.165, 1.54) is 43.6 Å². The molecule has 1 aromatic carbocycles. The SMILES string of the molecule is CCOC(=O)[C@@](NNc1ccccc1)(NC(=O)c1ccncc1)C(F)(F)F. The number of anilines is 1. The first-order valence-electron chi connectivity index (χ1n) is 7.85. The Labute approximate surface area is 152 Å². The lowest BCUT2D eigenvalue weighted by Crippen LogP contribution is -2.73. The molecular formula is C17H17F3N4O3. The van der Waals surface area contributed by atoms with Gasteiger partial charge in [-0.3, -0.25) is 9.78 Å². The highest BCUT2D eigenvalue weighted by molar-refractivity contribution is 5.98. The first-order chi connectivity index (χ1) is 12.8. The van der Waals surface area contributed by atoms with Gasteiger partial charge in [0.2, 0.25) is 0 Å². The number of nitrogens with zero attached hydrogens (tertiary/aromatic N) is 1. The van der Waals surface area contributed by atoms with E-state index in [4.69, 9.17) is 0 Å². The molecule has 2 rings (SSSR count). The Bertz CT molecular complexity index is 772. The van der Waals surface area contributed by atoms with Crippen LogP contribution >= 0.6 is 0 Å². The van der Waals surface area contributed by atoms with Crippen LogP contribution in [0.4, 0.5) is 18.9 Å². The normalized spacial score (nSPS) is 13.3. The molecule has 144 valence electrons. The third-order valence-electron chi connectivity index (χ3n) is 3.42. The lowest BCUT2D eigenvalue weighted by atomic mass is 10.1. The fourth-order valence-corrected chi connectivity index (χ4v) is 2.06. The van der Waals surface area contributed by atoms with Crippen molar-refractivity contribution in [2.45, 2.75) is 18.8 Å². The van der Waals surface area contributed by atoms with E-state index < -0.39 is 23.7 Å². The smallest absolute Gasteiger partial charge is 0.438 e. The minimum absolute atomic E-state index is 0.107. The molecule has 7 nitrogen and oxygen atoms in total. The molecule has 0 aliphatic heterocycles. The Balaban J connectivity index is 2.37. The van der Waals surface area contributed by atoms with Crippen molar-refractivity contribution in [1.82, 2.24) is 15.7 Å². The Morgan fingerprint density at radius 3 is 2.26 bits per heavy atom. The maximum Gasteiger partial charge on any atom is 0.438 e. The summed E-state index contributed by atoms with van der Waals surface area (Å²) in [6, 6.07) is 10.2. The molecule has 0 bridgehead atoms. The number of aromatic nitrogens is 1. The maximum absolute atomic E-state index is 13.9. The molecule has 2 aromatic rings. The standard InChI is InChI=1S/C17H17F3N4O3/c1-2-27-15(26)16(17(18,19)20,24-23-13-6-4-3-5-7-13)22-14(25)12-8-10-21-11-9-12/h3-11,23-24H,2H2,1H3,(H,22,25)/t16-/m0/s1. The third-order valence-corrected chi connectivity index (χ3v) is 3.42. The van der Waals surface area contributed by atoms with Gasteiger partial charge in [0.1, 0.15) is 0 Å². The van der Waals surface area contributed by atoms with Gasteiger partial charge in [-0.25, -0.2) is 4.79 Å². The number of rotatable bonds is 7. The van der Waals surface area contributed by atoms with Gasteiger partial charge in [0.25, 0.3) is 5.91 Å². The second-order valence-electron chi connectivity index (χ2n) is 5.27. The summed E-state index contributed by atoms with van der Waals surface area (Å²) in [4.78, 5) is 28.2. The highest BCUT2D eigenvalue weighted by Gasteiger charge is 2.63. The number of esters is 1. The Hall–Kier alpha value is -3.14. The Kier molecular flexibility index (Phi) is 6.35. The fourth-order valence-electron chi connectivity index (χ4n) is 2.06. The van der Waals surface area contributed by atoms with E-state index in [2.05, 4.69) is 15.1 Å².